The molecule has 0 radical (unpaired) electrons. The zero-order valence-corrected chi connectivity index (χ0v) is 15.1. The van der Waals surface area contributed by atoms with Crippen molar-refractivity contribution >= 4 is 56.3 Å². The van der Waals surface area contributed by atoms with Crippen LogP contribution in [0.25, 0.3) is 0 Å². The van der Waals surface area contributed by atoms with E-state index >= 15 is 0 Å². The van der Waals surface area contributed by atoms with Crippen molar-refractivity contribution in [2.75, 3.05) is 11.4 Å². The minimum Gasteiger partial charge on any atom is -0.292 e. The second-order valence-electron chi connectivity index (χ2n) is 4.86. The van der Waals surface area contributed by atoms with Gasteiger partial charge < -0.3 is 0 Å². The summed E-state index contributed by atoms with van der Waals surface area (Å²) in [5, 5.41) is 3.83. The van der Waals surface area contributed by atoms with Crippen molar-refractivity contribution in [3.8, 4) is 0 Å². The summed E-state index contributed by atoms with van der Waals surface area (Å²) in [6.07, 6.45) is 0. The maximum Gasteiger partial charge on any atom is 0.338 e. The van der Waals surface area contributed by atoms with E-state index in [4.69, 9.17) is 23.2 Å². The number of thiophene rings is 1. The summed E-state index contributed by atoms with van der Waals surface area (Å²) in [5.74, 6) is 0. The molecule has 1 aromatic carbocycles. The fourth-order valence-corrected chi connectivity index (χ4v) is 5.63. The summed E-state index contributed by atoms with van der Waals surface area (Å²) >= 11 is 13.5. The molecular formula is C14H12Cl2N2O3S2. The van der Waals surface area contributed by atoms with Crippen LogP contribution in [0.2, 0.25) is 10.0 Å². The Labute approximate surface area is 148 Å². The van der Waals surface area contributed by atoms with Gasteiger partial charge in [-0.3, -0.25) is 4.90 Å². The number of nitrogens with zero attached hydrogens (tertiary/aromatic N) is 2. The molecule has 0 atom stereocenters. The van der Waals surface area contributed by atoms with Gasteiger partial charge in [-0.2, -0.15) is 0 Å². The Kier molecular flexibility index (Phi) is 4.31. The van der Waals surface area contributed by atoms with E-state index in [1.165, 1.54) is 21.6 Å². The second-order valence-corrected chi connectivity index (χ2v) is 8.25. The highest BCUT2D eigenvalue weighted by Gasteiger charge is 2.41. The van der Waals surface area contributed by atoms with Crippen LogP contribution in [0.15, 0.2) is 33.9 Å². The molecule has 3 rings (SSSR count). The smallest absolute Gasteiger partial charge is 0.292 e. The van der Waals surface area contributed by atoms with E-state index in [1.807, 2.05) is 0 Å². The molecule has 2 amide bonds. The van der Waals surface area contributed by atoms with Crippen molar-refractivity contribution in [1.82, 2.24) is 4.31 Å². The van der Waals surface area contributed by atoms with E-state index in [0.717, 1.165) is 4.31 Å². The number of carbonyl (C=O) groups is 1. The third kappa shape index (κ3) is 2.61. The number of halogens is 2. The molecule has 0 N–H and O–H groups in total. The molecule has 0 fully saturated rings. The number of anilines is 1. The summed E-state index contributed by atoms with van der Waals surface area (Å²) in [4.78, 5) is 14.2. The van der Waals surface area contributed by atoms with Gasteiger partial charge >= 0.3 is 6.03 Å². The number of urea groups is 1. The highest BCUT2D eigenvalue weighted by atomic mass is 35.5. The fraction of sp³-hybridized carbons (Fsp3) is 0.214. The maximum atomic E-state index is 12.8. The van der Waals surface area contributed by atoms with E-state index in [-0.39, 0.29) is 11.4 Å². The van der Waals surface area contributed by atoms with Gasteiger partial charge in [0.2, 0.25) is 0 Å². The first-order valence-electron chi connectivity index (χ1n) is 6.71. The van der Waals surface area contributed by atoms with Gasteiger partial charge in [-0.25, -0.2) is 17.5 Å². The molecular weight excluding hydrogens is 379 g/mol. The largest absolute Gasteiger partial charge is 0.338 e. The molecule has 122 valence electrons. The molecule has 1 aliphatic heterocycles. The first kappa shape index (κ1) is 16.6. The molecule has 0 saturated heterocycles. The third-order valence-corrected chi connectivity index (χ3v) is 6.93. The predicted octanol–water partition coefficient (Wildman–Crippen LogP) is 4.21. The number of carbonyl (C=O) groups excluding carboxylic acids is 1. The van der Waals surface area contributed by atoms with E-state index in [0.29, 0.717) is 27.8 Å². The molecule has 5 nitrogen and oxygen atoms in total. The highest BCUT2D eigenvalue weighted by molar-refractivity contribution is 7.90. The number of rotatable bonds is 3. The van der Waals surface area contributed by atoms with Gasteiger partial charge in [0.25, 0.3) is 10.0 Å². The number of sulfonamides is 1. The highest BCUT2D eigenvalue weighted by Crippen LogP contribution is 2.38. The van der Waals surface area contributed by atoms with Crippen molar-refractivity contribution in [2.24, 2.45) is 0 Å². The number of hydrogen-bond acceptors (Lipinski definition) is 4. The molecule has 0 unspecified atom stereocenters. The standard InChI is InChI=1S/C14H12Cl2N2O3S2/c1-2-17-12-7-22-8-13(12)23(20,21)18(14(17)19)6-9-10(15)4-3-5-11(9)16/h3-5,7-8H,2,6H2,1H3. The van der Waals surface area contributed by atoms with Crippen LogP contribution < -0.4 is 4.90 Å². The zero-order chi connectivity index (χ0) is 16.8. The van der Waals surface area contributed by atoms with E-state index in [9.17, 15) is 13.2 Å². The monoisotopic (exact) mass is 390 g/mol. The average Bonchev–Trinajstić information content (AvgIpc) is 2.97. The van der Waals surface area contributed by atoms with Gasteiger partial charge in [0.15, 0.2) is 0 Å². The molecule has 0 spiro atoms. The van der Waals surface area contributed by atoms with Crippen LogP contribution in [-0.2, 0) is 16.6 Å². The zero-order valence-electron chi connectivity index (χ0n) is 12.0. The first-order valence-corrected chi connectivity index (χ1v) is 9.85. The molecule has 1 aromatic heterocycles. The van der Waals surface area contributed by atoms with Crippen LogP contribution in [0.5, 0.6) is 0 Å². The Morgan fingerprint density at radius 1 is 1.17 bits per heavy atom. The Hall–Kier alpha value is -1.28. The Balaban J connectivity index is 2.11. The molecule has 0 bridgehead atoms. The molecule has 9 heteroatoms. The lowest BCUT2D eigenvalue weighted by Gasteiger charge is -2.34. The van der Waals surface area contributed by atoms with Crippen molar-refractivity contribution in [1.29, 1.82) is 0 Å². The lowest BCUT2D eigenvalue weighted by Crippen LogP contribution is -2.49. The van der Waals surface area contributed by atoms with Crippen LogP contribution in [0.4, 0.5) is 10.5 Å². The Morgan fingerprint density at radius 3 is 2.43 bits per heavy atom. The summed E-state index contributed by atoms with van der Waals surface area (Å²) in [6, 6.07) is 4.28. The predicted molar refractivity (Wildman–Crippen MR) is 91.9 cm³/mol. The Bertz CT molecular complexity index is 860. The SMILES string of the molecule is CCN1C(=O)N(Cc2c(Cl)cccc2Cl)S(=O)(=O)c2cscc21. The van der Waals surface area contributed by atoms with Gasteiger partial charge in [0, 0.05) is 32.9 Å². The topological polar surface area (TPSA) is 57.7 Å². The van der Waals surface area contributed by atoms with Crippen molar-refractivity contribution in [3.63, 3.8) is 0 Å². The molecule has 2 heterocycles. The maximum absolute atomic E-state index is 12.8. The lowest BCUT2D eigenvalue weighted by atomic mass is 10.2. The minimum absolute atomic E-state index is 0.132. The van der Waals surface area contributed by atoms with Gasteiger partial charge in [-0.15, -0.1) is 11.3 Å². The quantitative estimate of drug-likeness (QED) is 0.788. The summed E-state index contributed by atoms with van der Waals surface area (Å²) in [7, 11) is -3.93. The summed E-state index contributed by atoms with van der Waals surface area (Å²) in [6.45, 7) is 1.95. The van der Waals surface area contributed by atoms with Crippen molar-refractivity contribution < 1.29 is 13.2 Å². The van der Waals surface area contributed by atoms with Crippen molar-refractivity contribution in [2.45, 2.75) is 18.4 Å². The van der Waals surface area contributed by atoms with Crippen molar-refractivity contribution in [3.05, 3.63) is 44.6 Å². The van der Waals surface area contributed by atoms with Crippen LogP contribution in [0, 0.1) is 0 Å². The second kappa shape index (κ2) is 5.98. The van der Waals surface area contributed by atoms with Gasteiger partial charge in [-0.05, 0) is 19.1 Å². The summed E-state index contributed by atoms with van der Waals surface area (Å²) in [5.41, 5.74) is 0.825. The fourth-order valence-electron chi connectivity index (χ4n) is 2.41. The number of hydrogen-bond donors (Lipinski definition) is 0. The van der Waals surface area contributed by atoms with Crippen LogP contribution >= 0.6 is 34.5 Å². The van der Waals surface area contributed by atoms with Gasteiger partial charge in [-0.1, -0.05) is 29.3 Å². The molecule has 23 heavy (non-hydrogen) atoms. The Morgan fingerprint density at radius 2 is 1.83 bits per heavy atom. The van der Waals surface area contributed by atoms with Gasteiger partial charge in [0.05, 0.1) is 12.2 Å². The molecule has 0 saturated carbocycles. The minimum atomic E-state index is -3.93. The number of amides is 2. The number of fused-ring (bicyclic) bond motifs is 1. The first-order chi connectivity index (χ1) is 10.9. The van der Waals surface area contributed by atoms with E-state index in [1.54, 1.807) is 30.5 Å². The lowest BCUT2D eigenvalue weighted by molar-refractivity contribution is 0.227. The number of benzene rings is 1. The normalized spacial score (nSPS) is 16.6. The summed E-state index contributed by atoms with van der Waals surface area (Å²) < 4.78 is 26.3. The van der Waals surface area contributed by atoms with Crippen LogP contribution in [-0.4, -0.2) is 25.3 Å². The molecule has 0 aliphatic carbocycles. The molecule has 2 aromatic rings. The van der Waals surface area contributed by atoms with E-state index in [2.05, 4.69) is 0 Å². The molecule has 1 aliphatic rings. The van der Waals surface area contributed by atoms with Gasteiger partial charge in [0.1, 0.15) is 4.90 Å². The average molecular weight is 391 g/mol. The van der Waals surface area contributed by atoms with Crippen LogP contribution in [0.3, 0.4) is 0 Å². The van der Waals surface area contributed by atoms with E-state index < -0.39 is 16.1 Å². The third-order valence-electron chi connectivity index (χ3n) is 3.59. The van der Waals surface area contributed by atoms with Crippen LogP contribution in [0.1, 0.15) is 12.5 Å².